The molecule has 1 unspecified atom stereocenters. The van der Waals surface area contributed by atoms with Gasteiger partial charge in [0, 0.05) is 5.41 Å². The molecule has 0 bridgehead atoms. The lowest BCUT2D eigenvalue weighted by Crippen LogP contribution is -2.58. The van der Waals surface area contributed by atoms with Crippen LogP contribution in [0.25, 0.3) is 0 Å². The van der Waals surface area contributed by atoms with E-state index < -0.39 is 14.5 Å². The fraction of sp³-hybridized carbons (Fsp3) is 0.923. The van der Waals surface area contributed by atoms with Crippen molar-refractivity contribution in [3.05, 3.63) is 0 Å². The van der Waals surface area contributed by atoms with E-state index in [1.807, 2.05) is 13.8 Å². The quantitative estimate of drug-likeness (QED) is 0.547. The predicted octanol–water partition coefficient (Wildman–Crippen LogP) is 3.41. The van der Waals surface area contributed by atoms with Crippen molar-refractivity contribution in [1.29, 1.82) is 0 Å². The van der Waals surface area contributed by atoms with Gasteiger partial charge in [0.1, 0.15) is 6.29 Å². The Morgan fingerprint density at radius 2 is 1.56 bits per heavy atom. The van der Waals surface area contributed by atoms with Gasteiger partial charge in [-0.05, 0) is 24.9 Å². The first kappa shape index (κ1) is 15.8. The molecule has 0 aliphatic heterocycles. The van der Waals surface area contributed by atoms with E-state index >= 15 is 0 Å². The summed E-state index contributed by atoms with van der Waals surface area (Å²) in [4.78, 5) is 11.4. The summed E-state index contributed by atoms with van der Waals surface area (Å²) in [7, 11) is -1.19. The molecule has 0 aromatic carbocycles. The van der Waals surface area contributed by atoms with E-state index in [0.717, 1.165) is 12.7 Å². The zero-order chi connectivity index (χ0) is 13.2. The van der Waals surface area contributed by atoms with E-state index in [4.69, 9.17) is 4.43 Å². The highest BCUT2D eigenvalue weighted by atomic mass is 28.3. The molecule has 2 nitrogen and oxygen atoms in total. The van der Waals surface area contributed by atoms with Gasteiger partial charge >= 0.3 is 0 Å². The molecule has 0 saturated heterocycles. The zero-order valence-corrected chi connectivity index (χ0v) is 13.3. The smallest absolute Gasteiger partial charge is 0.171 e. The summed E-state index contributed by atoms with van der Waals surface area (Å²) in [6, 6.07) is 0. The van der Waals surface area contributed by atoms with Gasteiger partial charge in [-0.3, -0.25) is 0 Å². The maximum absolute atomic E-state index is 11.4. The Morgan fingerprint density at radius 3 is 1.75 bits per heavy atom. The molecule has 1 atom stereocenters. The van der Waals surface area contributed by atoms with E-state index in [-0.39, 0.29) is 11.0 Å². The average molecular weight is 244 g/mol. The summed E-state index contributed by atoms with van der Waals surface area (Å²) in [6.45, 7) is 16.9. The third-order valence-electron chi connectivity index (χ3n) is 3.48. The maximum Gasteiger partial charge on any atom is 0.171 e. The first-order chi connectivity index (χ1) is 7.04. The molecule has 0 aliphatic carbocycles. The topological polar surface area (TPSA) is 26.3 Å². The zero-order valence-electron chi connectivity index (χ0n) is 12.2. The number of aldehydes is 1. The fourth-order valence-corrected chi connectivity index (χ4v) is 4.49. The van der Waals surface area contributed by atoms with Gasteiger partial charge in [0.2, 0.25) is 0 Å². The highest BCUT2D eigenvalue weighted by molar-refractivity contribution is 6.48. The van der Waals surface area contributed by atoms with Gasteiger partial charge < -0.3 is 9.22 Å². The molecule has 0 amide bonds. The first-order valence-electron chi connectivity index (χ1n) is 6.18. The predicted molar refractivity (Wildman–Crippen MR) is 72.3 cm³/mol. The van der Waals surface area contributed by atoms with Gasteiger partial charge in [-0.2, -0.15) is 0 Å². The molecule has 0 aromatic rings. The lowest BCUT2D eigenvalue weighted by atomic mass is 9.61. The number of hydrogen-bond donors (Lipinski definition) is 0. The summed E-state index contributed by atoms with van der Waals surface area (Å²) >= 11 is 0. The Balaban J connectivity index is 5.56. The third-order valence-corrected chi connectivity index (χ3v) is 4.36. The van der Waals surface area contributed by atoms with Crippen LogP contribution in [0.15, 0.2) is 0 Å². The van der Waals surface area contributed by atoms with Gasteiger partial charge in [-0.1, -0.05) is 41.5 Å². The van der Waals surface area contributed by atoms with Gasteiger partial charge in [-0.15, -0.1) is 0 Å². The van der Waals surface area contributed by atoms with E-state index in [1.165, 1.54) is 0 Å². The van der Waals surface area contributed by atoms with Crippen LogP contribution >= 0.6 is 0 Å². The highest BCUT2D eigenvalue weighted by Crippen LogP contribution is 2.48. The molecule has 0 saturated carbocycles. The molecule has 0 radical (unpaired) electrons. The number of hydrogen-bond acceptors (Lipinski definition) is 2. The molecule has 0 N–H and O–H groups in total. The van der Waals surface area contributed by atoms with Gasteiger partial charge in [0.05, 0.1) is 5.60 Å². The number of carbonyl (C=O) groups is 1. The van der Waals surface area contributed by atoms with Gasteiger partial charge in [-0.25, -0.2) is 0 Å². The summed E-state index contributed by atoms with van der Waals surface area (Å²) < 4.78 is 6.31. The monoisotopic (exact) mass is 244 g/mol. The molecule has 96 valence electrons. The van der Waals surface area contributed by atoms with Crippen molar-refractivity contribution >= 4 is 15.3 Å². The second-order valence-electron chi connectivity index (χ2n) is 6.44. The van der Waals surface area contributed by atoms with Gasteiger partial charge in [0.25, 0.3) is 0 Å². The van der Waals surface area contributed by atoms with Crippen LogP contribution in [-0.4, -0.2) is 20.9 Å². The van der Waals surface area contributed by atoms with Crippen molar-refractivity contribution < 1.29 is 9.22 Å². The molecule has 16 heavy (non-hydrogen) atoms. The van der Waals surface area contributed by atoms with Crippen LogP contribution in [0.3, 0.4) is 0 Å². The van der Waals surface area contributed by atoms with Crippen molar-refractivity contribution in [2.75, 3.05) is 0 Å². The Bertz CT molecular complexity index is 241. The molecular weight excluding hydrogens is 216 g/mol. The van der Waals surface area contributed by atoms with Gasteiger partial charge in [0.15, 0.2) is 9.04 Å². The molecule has 3 heteroatoms. The van der Waals surface area contributed by atoms with Crippen molar-refractivity contribution in [1.82, 2.24) is 0 Å². The van der Waals surface area contributed by atoms with Crippen LogP contribution in [0.1, 0.15) is 48.0 Å². The molecule has 0 aliphatic rings. The average Bonchev–Trinajstić information content (AvgIpc) is 2.11. The fourth-order valence-electron chi connectivity index (χ4n) is 2.86. The Morgan fingerprint density at radius 1 is 1.12 bits per heavy atom. The Hall–Kier alpha value is -0.153. The van der Waals surface area contributed by atoms with Crippen LogP contribution < -0.4 is 0 Å². The molecule has 0 fully saturated rings. The summed E-state index contributed by atoms with van der Waals surface area (Å²) in [5.74, 6) is 0. The third kappa shape index (κ3) is 2.75. The first-order valence-corrected chi connectivity index (χ1v) is 8.96. The van der Waals surface area contributed by atoms with Crippen molar-refractivity contribution in [3.8, 4) is 0 Å². The number of rotatable bonds is 5. The Labute approximate surface area is 102 Å². The molecule has 0 heterocycles. The lowest BCUT2D eigenvalue weighted by Gasteiger charge is -2.53. The molecule has 0 rings (SSSR count). The minimum atomic E-state index is -1.19. The highest BCUT2D eigenvalue weighted by Gasteiger charge is 2.52. The van der Waals surface area contributed by atoms with E-state index in [0.29, 0.717) is 0 Å². The van der Waals surface area contributed by atoms with Crippen molar-refractivity contribution in [3.63, 3.8) is 0 Å². The molecule has 0 aromatic heterocycles. The van der Waals surface area contributed by atoms with E-state index in [2.05, 4.69) is 40.8 Å². The van der Waals surface area contributed by atoms with Crippen LogP contribution in [0, 0.1) is 10.8 Å². The second kappa shape index (κ2) is 5.01. The van der Waals surface area contributed by atoms with Crippen LogP contribution in [-0.2, 0) is 9.22 Å². The SMILES string of the molecule is CCC(O[SiH](C)C)(C(C)(C)C)C(C)(C)C=O. The minimum Gasteiger partial charge on any atom is -0.414 e. The van der Waals surface area contributed by atoms with Crippen LogP contribution in [0.5, 0.6) is 0 Å². The molecule has 0 spiro atoms. The second-order valence-corrected chi connectivity index (χ2v) is 8.77. The van der Waals surface area contributed by atoms with Crippen molar-refractivity contribution in [2.24, 2.45) is 10.8 Å². The normalized spacial score (nSPS) is 17.3. The van der Waals surface area contributed by atoms with Crippen LogP contribution in [0.4, 0.5) is 0 Å². The number of carbonyl (C=O) groups excluding carboxylic acids is 1. The van der Waals surface area contributed by atoms with E-state index in [1.54, 1.807) is 0 Å². The summed E-state index contributed by atoms with van der Waals surface area (Å²) in [6.07, 6.45) is 1.92. The van der Waals surface area contributed by atoms with E-state index in [9.17, 15) is 4.79 Å². The molecular formula is C13H28O2Si. The van der Waals surface area contributed by atoms with Crippen LogP contribution in [0.2, 0.25) is 13.1 Å². The standard InChI is InChI=1S/C13H28O2Si/c1-9-13(11(2,3)4,15-16(7)8)12(5,6)10-14/h10,16H,9H2,1-8H3. The lowest BCUT2D eigenvalue weighted by molar-refractivity contribution is -0.148. The minimum absolute atomic E-state index is 0.0383. The van der Waals surface area contributed by atoms with Crippen molar-refractivity contribution in [2.45, 2.75) is 66.7 Å². The largest absolute Gasteiger partial charge is 0.414 e. The maximum atomic E-state index is 11.4. The Kier molecular flexibility index (Phi) is 4.96. The summed E-state index contributed by atoms with van der Waals surface area (Å²) in [5.41, 5.74) is -0.844. The summed E-state index contributed by atoms with van der Waals surface area (Å²) in [5, 5.41) is 0.